The van der Waals surface area contributed by atoms with Crippen LogP contribution < -0.4 is 4.74 Å². The van der Waals surface area contributed by atoms with Gasteiger partial charge in [-0.15, -0.1) is 13.2 Å². The van der Waals surface area contributed by atoms with Crippen LogP contribution in [0.2, 0.25) is 0 Å². The number of carbonyl (C=O) groups is 1. The Morgan fingerprint density at radius 2 is 2.00 bits per heavy atom. The second-order valence-electron chi connectivity index (χ2n) is 4.09. The van der Waals surface area contributed by atoms with Crippen molar-refractivity contribution in [3.8, 4) is 5.75 Å². The van der Waals surface area contributed by atoms with Crippen molar-refractivity contribution in [2.45, 2.75) is 6.36 Å². The number of nitrogens with zero attached hydrogens (tertiary/aromatic N) is 3. The fraction of sp³-hybridized carbons (Fsp3) is 0.154. The van der Waals surface area contributed by atoms with E-state index in [1.807, 2.05) is 0 Å². The first-order valence-corrected chi connectivity index (χ1v) is 5.93. The highest BCUT2D eigenvalue weighted by Crippen LogP contribution is 2.22. The number of rotatable bonds is 4. The number of benzene rings is 1. The molecule has 0 saturated carbocycles. The molecule has 1 aromatic heterocycles. The van der Waals surface area contributed by atoms with Gasteiger partial charge < -0.3 is 14.1 Å². The summed E-state index contributed by atoms with van der Waals surface area (Å²) in [6.45, 7) is 0. The summed E-state index contributed by atoms with van der Waals surface area (Å²) in [5.41, 5.74) is 0.433. The SMILES string of the molecule is Cn1ccnc1C(=O)ON=Cc1ccc(OC(F)(F)F)cc1. The van der Waals surface area contributed by atoms with Crippen molar-refractivity contribution in [3.63, 3.8) is 0 Å². The third kappa shape index (κ3) is 4.33. The molecule has 6 nitrogen and oxygen atoms in total. The van der Waals surface area contributed by atoms with E-state index >= 15 is 0 Å². The summed E-state index contributed by atoms with van der Waals surface area (Å²) in [6.07, 6.45) is -0.565. The summed E-state index contributed by atoms with van der Waals surface area (Å²) in [5.74, 6) is -1.03. The van der Waals surface area contributed by atoms with Gasteiger partial charge in [-0.2, -0.15) is 0 Å². The second-order valence-corrected chi connectivity index (χ2v) is 4.09. The van der Waals surface area contributed by atoms with E-state index in [9.17, 15) is 18.0 Å². The summed E-state index contributed by atoms with van der Waals surface area (Å²) < 4.78 is 41.1. The minimum atomic E-state index is -4.74. The number of carbonyl (C=O) groups excluding carboxylic acids is 1. The van der Waals surface area contributed by atoms with Gasteiger partial charge in [-0.3, -0.25) is 0 Å². The first-order valence-electron chi connectivity index (χ1n) is 5.93. The molecule has 0 amide bonds. The van der Waals surface area contributed by atoms with Gasteiger partial charge in [0.25, 0.3) is 0 Å². The molecule has 0 radical (unpaired) electrons. The minimum Gasteiger partial charge on any atom is -0.406 e. The fourth-order valence-corrected chi connectivity index (χ4v) is 1.49. The van der Waals surface area contributed by atoms with E-state index < -0.39 is 12.3 Å². The molecule has 1 aromatic carbocycles. The predicted octanol–water partition coefficient (Wildman–Crippen LogP) is 2.51. The Labute approximate surface area is 122 Å². The van der Waals surface area contributed by atoms with Crippen molar-refractivity contribution in [2.75, 3.05) is 0 Å². The van der Waals surface area contributed by atoms with Gasteiger partial charge in [0.05, 0.1) is 6.21 Å². The summed E-state index contributed by atoms with van der Waals surface area (Å²) in [4.78, 5) is 20.0. The standard InChI is InChI=1S/C13H10F3N3O3/c1-19-7-6-17-11(19)12(20)22-18-8-9-2-4-10(5-3-9)21-13(14,15)16/h2-8H,1H3. The fourth-order valence-electron chi connectivity index (χ4n) is 1.49. The molecule has 22 heavy (non-hydrogen) atoms. The molecule has 0 saturated heterocycles. The van der Waals surface area contributed by atoms with Crippen molar-refractivity contribution in [2.24, 2.45) is 12.2 Å². The van der Waals surface area contributed by atoms with Gasteiger partial charge in [0.15, 0.2) is 0 Å². The van der Waals surface area contributed by atoms with Crippen LogP contribution in [-0.4, -0.2) is 28.1 Å². The van der Waals surface area contributed by atoms with Gasteiger partial charge in [-0.05, 0) is 29.8 Å². The quantitative estimate of drug-likeness (QED) is 0.494. The summed E-state index contributed by atoms with van der Waals surface area (Å²) in [6, 6.07) is 4.91. The lowest BCUT2D eigenvalue weighted by Crippen LogP contribution is -2.17. The lowest BCUT2D eigenvalue weighted by Gasteiger charge is -2.08. The average molecular weight is 313 g/mol. The van der Waals surface area contributed by atoms with Crippen molar-refractivity contribution in [3.05, 3.63) is 48.0 Å². The summed E-state index contributed by atoms with van der Waals surface area (Å²) in [7, 11) is 1.62. The number of hydrogen-bond acceptors (Lipinski definition) is 5. The maximum Gasteiger partial charge on any atom is 0.573 e. The number of aryl methyl sites for hydroxylation is 1. The van der Waals surface area contributed by atoms with E-state index in [0.717, 1.165) is 12.1 Å². The largest absolute Gasteiger partial charge is 0.573 e. The minimum absolute atomic E-state index is 0.0751. The molecule has 0 atom stereocenters. The number of alkyl halides is 3. The van der Waals surface area contributed by atoms with Crippen LogP contribution in [0.3, 0.4) is 0 Å². The van der Waals surface area contributed by atoms with Crippen molar-refractivity contribution < 1.29 is 27.5 Å². The van der Waals surface area contributed by atoms with Crippen LogP contribution in [0, 0.1) is 0 Å². The zero-order valence-electron chi connectivity index (χ0n) is 11.2. The lowest BCUT2D eigenvalue weighted by molar-refractivity contribution is -0.274. The van der Waals surface area contributed by atoms with E-state index in [0.29, 0.717) is 5.56 Å². The second kappa shape index (κ2) is 6.29. The summed E-state index contributed by atoms with van der Waals surface area (Å²) >= 11 is 0. The van der Waals surface area contributed by atoms with Crippen molar-refractivity contribution >= 4 is 12.2 Å². The molecule has 0 aliphatic rings. The molecular weight excluding hydrogens is 303 g/mol. The zero-order valence-corrected chi connectivity index (χ0v) is 11.2. The maximum absolute atomic E-state index is 12.0. The molecule has 0 fully saturated rings. The molecule has 2 rings (SSSR count). The van der Waals surface area contributed by atoms with Crippen LogP contribution in [-0.2, 0) is 11.9 Å². The van der Waals surface area contributed by atoms with Crippen LogP contribution >= 0.6 is 0 Å². The van der Waals surface area contributed by atoms with E-state index in [1.54, 1.807) is 13.2 Å². The van der Waals surface area contributed by atoms with Crippen molar-refractivity contribution in [1.29, 1.82) is 0 Å². The van der Waals surface area contributed by atoms with E-state index in [2.05, 4.69) is 19.7 Å². The molecule has 116 valence electrons. The van der Waals surface area contributed by atoms with E-state index in [-0.39, 0.29) is 11.6 Å². The predicted molar refractivity (Wildman–Crippen MR) is 69.3 cm³/mol. The van der Waals surface area contributed by atoms with Gasteiger partial charge in [0.1, 0.15) is 5.75 Å². The lowest BCUT2D eigenvalue weighted by atomic mass is 10.2. The Bertz CT molecular complexity index is 678. The molecule has 0 aliphatic heterocycles. The van der Waals surface area contributed by atoms with Crippen LogP contribution in [0.1, 0.15) is 16.2 Å². The molecule has 0 unspecified atom stereocenters. The van der Waals surface area contributed by atoms with E-state index in [4.69, 9.17) is 0 Å². The maximum atomic E-state index is 12.0. The number of halogens is 3. The molecule has 2 aromatic rings. The zero-order chi connectivity index (χ0) is 16.2. The molecule has 0 aliphatic carbocycles. The van der Waals surface area contributed by atoms with Crippen LogP contribution in [0.5, 0.6) is 5.75 Å². The first kappa shape index (κ1) is 15.5. The third-order valence-electron chi connectivity index (χ3n) is 2.45. The highest BCUT2D eigenvalue weighted by molar-refractivity contribution is 5.86. The third-order valence-corrected chi connectivity index (χ3v) is 2.45. The van der Waals surface area contributed by atoms with Gasteiger partial charge in [-0.25, -0.2) is 9.78 Å². The average Bonchev–Trinajstić information content (AvgIpc) is 2.85. The van der Waals surface area contributed by atoms with Gasteiger partial charge in [0, 0.05) is 19.4 Å². The van der Waals surface area contributed by atoms with Gasteiger partial charge in [-0.1, -0.05) is 5.16 Å². The Morgan fingerprint density at radius 1 is 1.32 bits per heavy atom. The highest BCUT2D eigenvalue weighted by Gasteiger charge is 2.30. The molecule has 0 spiro atoms. The summed E-state index contributed by atoms with van der Waals surface area (Å²) in [5, 5.41) is 3.45. The van der Waals surface area contributed by atoms with Crippen LogP contribution in [0.4, 0.5) is 13.2 Å². The van der Waals surface area contributed by atoms with Gasteiger partial charge >= 0.3 is 12.3 Å². The van der Waals surface area contributed by atoms with Crippen molar-refractivity contribution in [1.82, 2.24) is 9.55 Å². The number of oxime groups is 1. The topological polar surface area (TPSA) is 65.7 Å². The first-order chi connectivity index (χ1) is 10.3. The van der Waals surface area contributed by atoms with E-state index in [1.165, 1.54) is 29.1 Å². The Morgan fingerprint density at radius 3 is 2.55 bits per heavy atom. The van der Waals surface area contributed by atoms with Crippen LogP contribution in [0.25, 0.3) is 0 Å². The Balaban J connectivity index is 1.93. The number of ether oxygens (including phenoxy) is 1. The molecule has 0 N–H and O–H groups in total. The highest BCUT2D eigenvalue weighted by atomic mass is 19.4. The number of hydrogen-bond donors (Lipinski definition) is 0. The van der Waals surface area contributed by atoms with Crippen LogP contribution in [0.15, 0.2) is 41.8 Å². The normalized spacial score (nSPS) is 11.6. The number of imidazole rings is 1. The number of aromatic nitrogens is 2. The molecule has 1 heterocycles. The van der Waals surface area contributed by atoms with Gasteiger partial charge in [0.2, 0.25) is 5.82 Å². The Kier molecular flexibility index (Phi) is 4.44. The molecular formula is C13H10F3N3O3. The molecule has 9 heteroatoms. The smallest absolute Gasteiger partial charge is 0.406 e. The Hall–Kier alpha value is -2.84. The monoisotopic (exact) mass is 313 g/mol. The molecule has 0 bridgehead atoms.